The third-order valence-electron chi connectivity index (χ3n) is 4.28. The molecule has 1 unspecified atom stereocenters. The van der Waals surface area contributed by atoms with Crippen molar-refractivity contribution in [3.63, 3.8) is 0 Å². The molecule has 1 saturated heterocycles. The number of nitrogens with zero attached hydrogens (tertiary/aromatic N) is 2. The molecule has 1 heterocycles. The average Bonchev–Trinajstić information content (AvgIpc) is 2.56. The van der Waals surface area contributed by atoms with Gasteiger partial charge in [-0.2, -0.15) is 13.2 Å². The largest absolute Gasteiger partial charge is 0.393 e. The van der Waals surface area contributed by atoms with E-state index in [0.29, 0.717) is 23.7 Å². The smallest absolute Gasteiger partial charge is 0.335 e. The van der Waals surface area contributed by atoms with Crippen molar-refractivity contribution in [1.29, 1.82) is 0 Å². The second kappa shape index (κ2) is 8.73. The molecule has 5 nitrogen and oxygen atoms in total. The van der Waals surface area contributed by atoms with E-state index in [-0.39, 0.29) is 26.1 Å². The van der Waals surface area contributed by atoms with Crippen molar-refractivity contribution in [2.24, 2.45) is 5.92 Å². The molecule has 1 N–H and O–H groups in total. The van der Waals surface area contributed by atoms with Crippen molar-refractivity contribution in [3.05, 3.63) is 29.3 Å². The highest BCUT2D eigenvalue weighted by atomic mass is 35.5. The molecule has 9 heteroatoms. The normalized spacial score (nSPS) is 18.4. The summed E-state index contributed by atoms with van der Waals surface area (Å²) < 4.78 is 38.5. The molecule has 0 aliphatic carbocycles. The van der Waals surface area contributed by atoms with Gasteiger partial charge in [-0.05, 0) is 31.5 Å². The fourth-order valence-corrected chi connectivity index (χ4v) is 3.02. The molecular formula is C17H21ClF3N3O2. The molecule has 1 atom stereocenters. The van der Waals surface area contributed by atoms with Gasteiger partial charge in [-0.25, -0.2) is 0 Å². The van der Waals surface area contributed by atoms with E-state index in [0.717, 1.165) is 0 Å². The number of anilines is 1. The second-order valence-corrected chi connectivity index (χ2v) is 6.80. The number of amides is 2. The minimum absolute atomic E-state index is 0.0876. The predicted molar refractivity (Wildman–Crippen MR) is 92.9 cm³/mol. The van der Waals surface area contributed by atoms with Gasteiger partial charge in [0.25, 0.3) is 0 Å². The van der Waals surface area contributed by atoms with Gasteiger partial charge in [-0.15, -0.1) is 0 Å². The molecule has 1 aliphatic rings. The summed E-state index contributed by atoms with van der Waals surface area (Å²) in [6, 6.07) is 6.69. The van der Waals surface area contributed by atoms with Crippen molar-refractivity contribution >= 4 is 29.1 Å². The number of benzene rings is 1. The maximum Gasteiger partial charge on any atom is 0.393 e. The number of nitrogens with one attached hydrogen (secondary N) is 1. The third kappa shape index (κ3) is 5.88. The number of alkyl halides is 3. The Kier molecular flexibility index (Phi) is 6.88. The first-order valence-electron chi connectivity index (χ1n) is 8.24. The Labute approximate surface area is 155 Å². The Hall–Kier alpha value is -1.80. The monoisotopic (exact) mass is 391 g/mol. The molecule has 0 radical (unpaired) electrons. The summed E-state index contributed by atoms with van der Waals surface area (Å²) in [7, 11) is 1.44. The zero-order chi connectivity index (χ0) is 19.3. The zero-order valence-electron chi connectivity index (χ0n) is 14.4. The first-order valence-corrected chi connectivity index (χ1v) is 8.62. The molecule has 0 spiro atoms. The number of carbonyl (C=O) groups is 2. The van der Waals surface area contributed by atoms with Crippen LogP contribution in [0.15, 0.2) is 24.3 Å². The Bertz CT molecular complexity index is 654. The lowest BCUT2D eigenvalue weighted by Gasteiger charge is -2.34. The Morgan fingerprint density at radius 2 is 2.04 bits per heavy atom. The van der Waals surface area contributed by atoms with Gasteiger partial charge < -0.3 is 10.2 Å². The number of piperidine rings is 1. The Balaban J connectivity index is 1.83. The highest BCUT2D eigenvalue weighted by Crippen LogP contribution is 2.33. The lowest BCUT2D eigenvalue weighted by atomic mass is 9.97. The molecule has 0 bridgehead atoms. The van der Waals surface area contributed by atoms with Crippen LogP contribution in [-0.2, 0) is 9.59 Å². The molecule has 0 saturated carbocycles. The van der Waals surface area contributed by atoms with Crippen LogP contribution >= 0.6 is 11.6 Å². The van der Waals surface area contributed by atoms with E-state index < -0.39 is 23.9 Å². The first-order chi connectivity index (χ1) is 12.2. The van der Waals surface area contributed by atoms with Gasteiger partial charge in [0, 0.05) is 13.6 Å². The van der Waals surface area contributed by atoms with E-state index in [1.165, 1.54) is 16.8 Å². The fourth-order valence-electron chi connectivity index (χ4n) is 2.83. The molecule has 26 heavy (non-hydrogen) atoms. The Morgan fingerprint density at radius 3 is 2.69 bits per heavy atom. The molecule has 2 amide bonds. The molecule has 0 aromatic heterocycles. The van der Waals surface area contributed by atoms with Crippen molar-refractivity contribution in [2.75, 3.05) is 38.5 Å². The minimum atomic E-state index is -4.25. The van der Waals surface area contributed by atoms with E-state index >= 15 is 0 Å². The van der Waals surface area contributed by atoms with Crippen LogP contribution in [0.2, 0.25) is 5.02 Å². The maximum atomic E-state index is 12.8. The molecule has 1 aromatic carbocycles. The number of hydrogen-bond acceptors (Lipinski definition) is 3. The highest BCUT2D eigenvalue weighted by molar-refractivity contribution is 6.33. The number of rotatable bonds is 5. The van der Waals surface area contributed by atoms with Gasteiger partial charge in [-0.1, -0.05) is 23.7 Å². The van der Waals surface area contributed by atoms with Crippen LogP contribution in [0.3, 0.4) is 0 Å². The number of likely N-dealkylation sites (tertiary alicyclic amines) is 1. The molecule has 1 aliphatic heterocycles. The van der Waals surface area contributed by atoms with Crippen molar-refractivity contribution < 1.29 is 22.8 Å². The van der Waals surface area contributed by atoms with E-state index in [4.69, 9.17) is 11.6 Å². The zero-order valence-corrected chi connectivity index (χ0v) is 15.1. The van der Waals surface area contributed by atoms with Crippen molar-refractivity contribution in [3.8, 4) is 0 Å². The summed E-state index contributed by atoms with van der Waals surface area (Å²) in [6.07, 6.45) is -3.76. The van der Waals surface area contributed by atoms with Crippen LogP contribution in [0.25, 0.3) is 0 Å². The summed E-state index contributed by atoms with van der Waals surface area (Å²) in [6.45, 7) is -0.0874. The lowest BCUT2D eigenvalue weighted by molar-refractivity contribution is -0.187. The summed E-state index contributed by atoms with van der Waals surface area (Å²) >= 11 is 5.95. The highest BCUT2D eigenvalue weighted by Gasteiger charge is 2.42. The van der Waals surface area contributed by atoms with Gasteiger partial charge in [0.15, 0.2) is 0 Å². The first kappa shape index (κ1) is 20.5. The summed E-state index contributed by atoms with van der Waals surface area (Å²) in [5.74, 6) is -2.24. The van der Waals surface area contributed by atoms with Crippen LogP contribution in [0, 0.1) is 5.92 Å². The fraction of sp³-hybridized carbons (Fsp3) is 0.529. The minimum Gasteiger partial charge on any atom is -0.335 e. The van der Waals surface area contributed by atoms with Crippen molar-refractivity contribution in [1.82, 2.24) is 9.80 Å². The van der Waals surface area contributed by atoms with Gasteiger partial charge in [0.05, 0.1) is 29.7 Å². The average molecular weight is 392 g/mol. The molecule has 1 fully saturated rings. The van der Waals surface area contributed by atoms with E-state index in [1.807, 2.05) is 0 Å². The van der Waals surface area contributed by atoms with E-state index in [9.17, 15) is 22.8 Å². The SMILES string of the molecule is CN(CC(=O)Nc1ccccc1Cl)C(=O)CN1CCCC(C(F)(F)F)C1. The van der Waals surface area contributed by atoms with Crippen LogP contribution in [0.1, 0.15) is 12.8 Å². The molecular weight excluding hydrogens is 371 g/mol. The van der Waals surface area contributed by atoms with Crippen LogP contribution in [0.4, 0.5) is 18.9 Å². The standard InChI is InChI=1S/C17H21ClF3N3O2/c1-23(10-15(25)22-14-7-3-2-6-13(14)18)16(26)11-24-8-4-5-12(9-24)17(19,20)21/h2-3,6-7,12H,4-5,8-11H2,1H3,(H,22,25). The van der Waals surface area contributed by atoms with Crippen LogP contribution in [0.5, 0.6) is 0 Å². The van der Waals surface area contributed by atoms with Gasteiger partial charge in [0.2, 0.25) is 11.8 Å². The molecule has 1 aromatic rings. The van der Waals surface area contributed by atoms with Gasteiger partial charge >= 0.3 is 6.18 Å². The van der Waals surface area contributed by atoms with E-state index in [2.05, 4.69) is 5.32 Å². The number of likely N-dealkylation sites (N-methyl/N-ethyl adjacent to an activating group) is 1. The number of para-hydroxylation sites is 1. The van der Waals surface area contributed by atoms with Gasteiger partial charge in [-0.3, -0.25) is 14.5 Å². The topological polar surface area (TPSA) is 52.7 Å². The summed E-state index contributed by atoms with van der Waals surface area (Å²) in [4.78, 5) is 26.9. The third-order valence-corrected chi connectivity index (χ3v) is 4.61. The lowest BCUT2D eigenvalue weighted by Crippen LogP contribution is -2.47. The molecule has 144 valence electrons. The molecule has 2 rings (SSSR count). The second-order valence-electron chi connectivity index (χ2n) is 6.39. The number of hydrogen-bond donors (Lipinski definition) is 1. The summed E-state index contributed by atoms with van der Waals surface area (Å²) in [5, 5.41) is 2.98. The van der Waals surface area contributed by atoms with Gasteiger partial charge in [0.1, 0.15) is 0 Å². The van der Waals surface area contributed by atoms with Crippen LogP contribution < -0.4 is 5.32 Å². The number of halogens is 4. The van der Waals surface area contributed by atoms with Crippen molar-refractivity contribution in [2.45, 2.75) is 19.0 Å². The summed E-state index contributed by atoms with van der Waals surface area (Å²) in [5.41, 5.74) is 0.434. The quantitative estimate of drug-likeness (QED) is 0.839. The number of carbonyl (C=O) groups excluding carboxylic acids is 2. The van der Waals surface area contributed by atoms with E-state index in [1.54, 1.807) is 24.3 Å². The Morgan fingerprint density at radius 1 is 1.35 bits per heavy atom. The van der Waals surface area contributed by atoms with Crippen LogP contribution in [-0.4, -0.2) is 61.0 Å². The predicted octanol–water partition coefficient (Wildman–Crippen LogP) is 3.01. The maximum absolute atomic E-state index is 12.8.